The van der Waals surface area contributed by atoms with Crippen molar-refractivity contribution in [1.82, 2.24) is 4.98 Å². The Labute approximate surface area is 119 Å². The van der Waals surface area contributed by atoms with Gasteiger partial charge in [-0.15, -0.1) is 0 Å². The van der Waals surface area contributed by atoms with Crippen LogP contribution < -0.4 is 5.32 Å². The van der Waals surface area contributed by atoms with Gasteiger partial charge >= 0.3 is 0 Å². The third-order valence-electron chi connectivity index (χ3n) is 2.47. The number of hydrogen-bond acceptors (Lipinski definition) is 2. The third kappa shape index (κ3) is 2.96. The van der Waals surface area contributed by atoms with Gasteiger partial charge < -0.3 is 5.32 Å². The molecule has 0 aliphatic rings. The third-order valence-corrected chi connectivity index (χ3v) is 3.04. The van der Waals surface area contributed by atoms with Crippen molar-refractivity contribution in [1.29, 1.82) is 0 Å². The minimum atomic E-state index is -0.949. The lowest BCUT2D eigenvalue weighted by molar-refractivity contribution is 0.509. The van der Waals surface area contributed by atoms with E-state index < -0.39 is 11.6 Å². The van der Waals surface area contributed by atoms with Gasteiger partial charge in [-0.3, -0.25) is 0 Å². The monoisotopic (exact) mass is 302 g/mol. The molecule has 0 amide bonds. The predicted molar refractivity (Wildman–Crippen MR) is 73.8 cm³/mol. The zero-order chi connectivity index (χ0) is 14.0. The number of benzene rings is 1. The van der Waals surface area contributed by atoms with Gasteiger partial charge in [-0.1, -0.05) is 23.2 Å². The van der Waals surface area contributed by atoms with E-state index in [4.69, 9.17) is 23.2 Å². The molecule has 2 nitrogen and oxygen atoms in total. The standard InChI is InChI=1S/C13H10Cl2F2N2/c1-2-18-13-9(15)6-8(14)12(19-13)7-3-4-10(16)11(17)5-7/h3-6H,2H2,1H3,(H,18,19). The molecule has 0 atom stereocenters. The lowest BCUT2D eigenvalue weighted by atomic mass is 10.1. The van der Waals surface area contributed by atoms with Gasteiger partial charge in [-0.25, -0.2) is 13.8 Å². The van der Waals surface area contributed by atoms with Crippen LogP contribution in [0.3, 0.4) is 0 Å². The minimum Gasteiger partial charge on any atom is -0.369 e. The van der Waals surface area contributed by atoms with Crippen molar-refractivity contribution in [3.8, 4) is 11.3 Å². The Morgan fingerprint density at radius 3 is 2.47 bits per heavy atom. The van der Waals surface area contributed by atoms with Crippen molar-refractivity contribution >= 4 is 29.0 Å². The first kappa shape index (κ1) is 14.0. The van der Waals surface area contributed by atoms with Crippen LogP contribution in [0.1, 0.15) is 6.92 Å². The molecule has 2 aromatic rings. The Hall–Kier alpha value is -1.39. The topological polar surface area (TPSA) is 24.9 Å². The van der Waals surface area contributed by atoms with Crippen LogP contribution >= 0.6 is 23.2 Å². The maximum atomic E-state index is 13.2. The van der Waals surface area contributed by atoms with Crippen LogP contribution in [0.15, 0.2) is 24.3 Å². The van der Waals surface area contributed by atoms with E-state index in [2.05, 4.69) is 10.3 Å². The number of hydrogen-bond donors (Lipinski definition) is 1. The molecule has 0 spiro atoms. The molecule has 0 bridgehead atoms. The first-order chi connectivity index (χ1) is 9.02. The molecule has 2 rings (SSSR count). The summed E-state index contributed by atoms with van der Waals surface area (Å²) in [7, 11) is 0. The van der Waals surface area contributed by atoms with Gasteiger partial charge in [0.1, 0.15) is 5.82 Å². The Bertz CT molecular complexity index is 618. The molecule has 100 valence electrons. The summed E-state index contributed by atoms with van der Waals surface area (Å²) >= 11 is 12.0. The number of nitrogens with one attached hydrogen (secondary N) is 1. The summed E-state index contributed by atoms with van der Waals surface area (Å²) in [5.41, 5.74) is 0.737. The smallest absolute Gasteiger partial charge is 0.159 e. The Balaban J connectivity index is 2.54. The average molecular weight is 303 g/mol. The van der Waals surface area contributed by atoms with Crippen LogP contribution in [0, 0.1) is 11.6 Å². The highest BCUT2D eigenvalue weighted by Crippen LogP contribution is 2.32. The van der Waals surface area contributed by atoms with Crippen molar-refractivity contribution in [2.24, 2.45) is 0 Å². The SMILES string of the molecule is CCNc1nc(-c2ccc(F)c(F)c2)c(Cl)cc1Cl. The summed E-state index contributed by atoms with van der Waals surface area (Å²) in [6.45, 7) is 2.52. The highest BCUT2D eigenvalue weighted by Gasteiger charge is 2.12. The second-order valence-corrected chi connectivity index (χ2v) is 4.62. The number of anilines is 1. The lowest BCUT2D eigenvalue weighted by Gasteiger charge is -2.10. The summed E-state index contributed by atoms with van der Waals surface area (Å²) in [6.07, 6.45) is 0. The van der Waals surface area contributed by atoms with Gasteiger partial charge in [0.25, 0.3) is 0 Å². The van der Waals surface area contributed by atoms with Crippen LogP contribution in [0.5, 0.6) is 0 Å². The highest BCUT2D eigenvalue weighted by molar-refractivity contribution is 6.37. The van der Waals surface area contributed by atoms with Crippen molar-refractivity contribution in [3.05, 3.63) is 45.9 Å². The molecular weight excluding hydrogens is 293 g/mol. The molecule has 1 N–H and O–H groups in total. The average Bonchev–Trinajstić information content (AvgIpc) is 2.36. The summed E-state index contributed by atoms with van der Waals surface area (Å²) in [5.74, 6) is -1.41. The van der Waals surface area contributed by atoms with Gasteiger partial charge in [0.2, 0.25) is 0 Å². The number of aromatic nitrogens is 1. The van der Waals surface area contributed by atoms with Crippen molar-refractivity contribution in [3.63, 3.8) is 0 Å². The first-order valence-electron chi connectivity index (χ1n) is 5.58. The van der Waals surface area contributed by atoms with Gasteiger partial charge in [-0.2, -0.15) is 0 Å². The van der Waals surface area contributed by atoms with Crippen LogP contribution in [-0.4, -0.2) is 11.5 Å². The molecule has 0 unspecified atom stereocenters. The predicted octanol–water partition coefficient (Wildman–Crippen LogP) is 4.77. The quantitative estimate of drug-likeness (QED) is 0.884. The highest BCUT2D eigenvalue weighted by atomic mass is 35.5. The molecular formula is C13H10Cl2F2N2. The number of halogens is 4. The van der Waals surface area contributed by atoms with Gasteiger partial charge in [0, 0.05) is 12.1 Å². The number of nitrogens with zero attached hydrogens (tertiary/aromatic N) is 1. The normalized spacial score (nSPS) is 10.6. The Morgan fingerprint density at radius 2 is 1.84 bits per heavy atom. The minimum absolute atomic E-state index is 0.276. The fourth-order valence-corrected chi connectivity index (χ4v) is 2.14. The van der Waals surface area contributed by atoms with E-state index in [1.165, 1.54) is 12.1 Å². The van der Waals surface area contributed by atoms with Gasteiger partial charge in [0.05, 0.1) is 15.7 Å². The molecule has 6 heteroatoms. The molecule has 0 aliphatic heterocycles. The number of pyridine rings is 1. The number of rotatable bonds is 3. The first-order valence-corrected chi connectivity index (χ1v) is 6.34. The molecule has 0 radical (unpaired) electrons. The fourth-order valence-electron chi connectivity index (χ4n) is 1.60. The summed E-state index contributed by atoms with van der Waals surface area (Å²) in [4.78, 5) is 4.24. The summed E-state index contributed by atoms with van der Waals surface area (Å²) in [6, 6.07) is 5.01. The van der Waals surface area contributed by atoms with E-state index in [0.29, 0.717) is 28.6 Å². The van der Waals surface area contributed by atoms with Gasteiger partial charge in [-0.05, 0) is 31.2 Å². The summed E-state index contributed by atoms with van der Waals surface area (Å²) < 4.78 is 26.2. The van der Waals surface area contributed by atoms with E-state index in [0.717, 1.165) is 12.1 Å². The second-order valence-electron chi connectivity index (χ2n) is 3.81. The van der Waals surface area contributed by atoms with Crippen LogP contribution in [-0.2, 0) is 0 Å². The molecule has 0 saturated carbocycles. The lowest BCUT2D eigenvalue weighted by Crippen LogP contribution is -2.01. The molecule has 1 aromatic carbocycles. The second kappa shape index (κ2) is 5.72. The maximum Gasteiger partial charge on any atom is 0.159 e. The maximum absolute atomic E-state index is 13.2. The van der Waals surface area contributed by atoms with E-state index in [9.17, 15) is 8.78 Å². The van der Waals surface area contributed by atoms with E-state index in [1.807, 2.05) is 6.92 Å². The van der Waals surface area contributed by atoms with Crippen molar-refractivity contribution in [2.45, 2.75) is 6.92 Å². The van der Waals surface area contributed by atoms with Crippen LogP contribution in [0.4, 0.5) is 14.6 Å². The summed E-state index contributed by atoms with van der Waals surface area (Å²) in [5, 5.41) is 3.62. The molecule has 1 aromatic heterocycles. The molecule has 0 fully saturated rings. The fraction of sp³-hybridized carbons (Fsp3) is 0.154. The molecule has 0 aliphatic carbocycles. The largest absolute Gasteiger partial charge is 0.369 e. The molecule has 1 heterocycles. The van der Waals surface area contributed by atoms with E-state index >= 15 is 0 Å². The zero-order valence-corrected chi connectivity index (χ0v) is 11.5. The molecule has 19 heavy (non-hydrogen) atoms. The Kier molecular flexibility index (Phi) is 4.22. The van der Waals surface area contributed by atoms with Crippen LogP contribution in [0.25, 0.3) is 11.3 Å². The van der Waals surface area contributed by atoms with Gasteiger partial charge in [0.15, 0.2) is 11.6 Å². The van der Waals surface area contributed by atoms with Crippen molar-refractivity contribution in [2.75, 3.05) is 11.9 Å². The van der Waals surface area contributed by atoms with E-state index in [1.54, 1.807) is 0 Å². The van der Waals surface area contributed by atoms with Crippen LogP contribution in [0.2, 0.25) is 10.0 Å². The molecule has 0 saturated heterocycles. The zero-order valence-electron chi connectivity index (χ0n) is 9.98. The Morgan fingerprint density at radius 1 is 1.11 bits per heavy atom. The van der Waals surface area contributed by atoms with Crippen molar-refractivity contribution < 1.29 is 8.78 Å². The van der Waals surface area contributed by atoms with E-state index in [-0.39, 0.29) is 5.02 Å².